The van der Waals surface area contributed by atoms with Crippen molar-refractivity contribution in [1.29, 1.82) is 0 Å². The lowest BCUT2D eigenvalue weighted by Crippen LogP contribution is -2.28. The van der Waals surface area contributed by atoms with Crippen molar-refractivity contribution in [2.24, 2.45) is 16.5 Å². The highest BCUT2D eigenvalue weighted by atomic mass is 16.1. The van der Waals surface area contributed by atoms with E-state index in [0.717, 1.165) is 38.8 Å². The van der Waals surface area contributed by atoms with Gasteiger partial charge in [-0.25, -0.2) is 0 Å². The van der Waals surface area contributed by atoms with Gasteiger partial charge in [0.25, 0.3) is 0 Å². The van der Waals surface area contributed by atoms with E-state index >= 15 is 0 Å². The largest absolute Gasteiger partial charge is 0.370 e. The molecule has 0 fully saturated rings. The first-order valence-electron chi connectivity index (χ1n) is 22.7. The predicted molar refractivity (Wildman–Crippen MR) is 227 cm³/mol. The number of carbonyl (C=O) groups is 2. The zero-order valence-electron chi connectivity index (χ0n) is 34.3. The predicted octanol–water partition coefficient (Wildman–Crippen LogP) is 12.8. The Morgan fingerprint density at radius 1 is 0.442 bits per heavy atom. The first-order valence-corrected chi connectivity index (χ1v) is 22.7. The molecule has 0 atom stereocenters. The maximum atomic E-state index is 10.7. The zero-order valence-corrected chi connectivity index (χ0v) is 34.3. The standard InChI is InChI=1S/C46H86N4O2/c47-44(51)38-34-30-26-22-18-14-10-6-2-1-5-9-13-17-21-25-29-33-37-42-50-43-41-49-46(50)40-36-32-28-24-20-16-12-8-4-3-7-11-15-19-23-27-31-35-39-45(48)52/h5,8-9,12H,1-4,6-7,10-11,13-43H2,(H2,47,51)(H2,48,52). The summed E-state index contributed by atoms with van der Waals surface area (Å²) in [5, 5.41) is 0. The third-order valence-electron chi connectivity index (χ3n) is 10.8. The molecule has 0 aromatic heterocycles. The number of amides is 2. The highest BCUT2D eigenvalue weighted by Crippen LogP contribution is 2.16. The van der Waals surface area contributed by atoms with E-state index in [4.69, 9.17) is 16.5 Å². The Morgan fingerprint density at radius 2 is 0.750 bits per heavy atom. The number of rotatable bonds is 41. The van der Waals surface area contributed by atoms with Gasteiger partial charge in [0.15, 0.2) is 0 Å². The van der Waals surface area contributed by atoms with Crippen molar-refractivity contribution in [3.8, 4) is 0 Å². The molecule has 6 heteroatoms. The first-order chi connectivity index (χ1) is 25.6. The molecule has 4 N–H and O–H groups in total. The average Bonchev–Trinajstić information content (AvgIpc) is 3.58. The highest BCUT2D eigenvalue weighted by Gasteiger charge is 2.15. The second kappa shape index (κ2) is 38.6. The molecule has 0 bridgehead atoms. The zero-order chi connectivity index (χ0) is 37.4. The number of allylic oxidation sites excluding steroid dienone is 4. The fourth-order valence-electron chi connectivity index (χ4n) is 7.42. The molecular formula is C46H86N4O2. The van der Waals surface area contributed by atoms with Crippen molar-refractivity contribution >= 4 is 17.6 Å². The number of aliphatic imine (C=N–C) groups is 1. The van der Waals surface area contributed by atoms with Gasteiger partial charge < -0.3 is 16.4 Å². The Kier molecular flexibility index (Phi) is 35.6. The van der Waals surface area contributed by atoms with Gasteiger partial charge in [0.1, 0.15) is 0 Å². The molecule has 2 amide bonds. The maximum Gasteiger partial charge on any atom is 0.217 e. The van der Waals surface area contributed by atoms with Crippen molar-refractivity contribution < 1.29 is 9.59 Å². The van der Waals surface area contributed by atoms with Crippen LogP contribution in [0.2, 0.25) is 0 Å². The Hall–Kier alpha value is -2.11. The first kappa shape index (κ1) is 47.9. The van der Waals surface area contributed by atoms with E-state index in [0.29, 0.717) is 12.8 Å². The minimum Gasteiger partial charge on any atom is -0.370 e. The van der Waals surface area contributed by atoms with Gasteiger partial charge in [0.05, 0.1) is 12.4 Å². The van der Waals surface area contributed by atoms with E-state index in [1.165, 1.54) is 205 Å². The van der Waals surface area contributed by atoms with Crippen LogP contribution in [-0.4, -0.2) is 42.2 Å². The third-order valence-corrected chi connectivity index (χ3v) is 10.8. The van der Waals surface area contributed by atoms with E-state index < -0.39 is 0 Å². The summed E-state index contributed by atoms with van der Waals surface area (Å²) in [5.74, 6) is 1.08. The average molecular weight is 727 g/mol. The molecule has 1 rings (SSSR count). The van der Waals surface area contributed by atoms with Crippen LogP contribution < -0.4 is 11.5 Å². The van der Waals surface area contributed by atoms with E-state index in [1.807, 2.05) is 0 Å². The van der Waals surface area contributed by atoms with Gasteiger partial charge in [0, 0.05) is 32.4 Å². The van der Waals surface area contributed by atoms with Crippen LogP contribution in [0.15, 0.2) is 29.3 Å². The molecule has 1 aliphatic heterocycles. The molecule has 0 spiro atoms. The van der Waals surface area contributed by atoms with Gasteiger partial charge in [-0.15, -0.1) is 0 Å². The van der Waals surface area contributed by atoms with Crippen LogP contribution in [0.3, 0.4) is 0 Å². The van der Waals surface area contributed by atoms with E-state index in [1.54, 1.807) is 0 Å². The Balaban J connectivity index is 1.80. The molecule has 1 aliphatic rings. The lowest BCUT2D eigenvalue weighted by Gasteiger charge is -2.20. The van der Waals surface area contributed by atoms with Gasteiger partial charge in [-0.05, 0) is 77.0 Å². The summed E-state index contributed by atoms with van der Waals surface area (Å²) in [7, 11) is 0. The van der Waals surface area contributed by atoms with Crippen LogP contribution in [0.25, 0.3) is 0 Å². The summed E-state index contributed by atoms with van der Waals surface area (Å²) in [6.45, 7) is 3.38. The van der Waals surface area contributed by atoms with Crippen LogP contribution in [0, 0.1) is 0 Å². The molecule has 0 unspecified atom stereocenters. The summed E-state index contributed by atoms with van der Waals surface area (Å²) >= 11 is 0. The summed E-state index contributed by atoms with van der Waals surface area (Å²) in [6.07, 6.45) is 54.8. The van der Waals surface area contributed by atoms with E-state index in [9.17, 15) is 9.59 Å². The maximum absolute atomic E-state index is 10.7. The highest BCUT2D eigenvalue weighted by molar-refractivity contribution is 5.83. The normalized spacial score (nSPS) is 13.2. The topological polar surface area (TPSA) is 102 Å². The van der Waals surface area contributed by atoms with Crippen LogP contribution in [0.5, 0.6) is 0 Å². The number of nitrogens with two attached hydrogens (primary N) is 2. The van der Waals surface area contributed by atoms with Crippen molar-refractivity contribution in [3.05, 3.63) is 24.3 Å². The molecule has 0 saturated heterocycles. The van der Waals surface area contributed by atoms with Gasteiger partial charge in [-0.3, -0.25) is 14.6 Å². The van der Waals surface area contributed by atoms with Crippen molar-refractivity contribution in [2.75, 3.05) is 19.6 Å². The molecule has 6 nitrogen and oxygen atoms in total. The number of primary amides is 2. The summed E-state index contributed by atoms with van der Waals surface area (Å²) < 4.78 is 0. The molecule has 0 radical (unpaired) electrons. The fourth-order valence-corrected chi connectivity index (χ4v) is 7.42. The van der Waals surface area contributed by atoms with Crippen LogP contribution >= 0.6 is 0 Å². The van der Waals surface area contributed by atoms with Crippen molar-refractivity contribution in [2.45, 2.75) is 231 Å². The Labute approximate surface area is 322 Å². The minimum absolute atomic E-state index is 0.159. The third kappa shape index (κ3) is 34.9. The van der Waals surface area contributed by atoms with Gasteiger partial charge in [-0.2, -0.15) is 0 Å². The number of carbonyl (C=O) groups excluding carboxylic acids is 2. The number of unbranched alkanes of at least 4 members (excludes halogenated alkanes) is 29. The summed E-state index contributed by atoms with van der Waals surface area (Å²) in [5.41, 5.74) is 10.4. The van der Waals surface area contributed by atoms with Crippen LogP contribution in [-0.2, 0) is 9.59 Å². The monoisotopic (exact) mass is 727 g/mol. The van der Waals surface area contributed by atoms with Gasteiger partial charge >= 0.3 is 0 Å². The van der Waals surface area contributed by atoms with Gasteiger partial charge in [0.2, 0.25) is 11.8 Å². The number of nitrogens with zero attached hydrogens (tertiary/aromatic N) is 2. The molecule has 0 aliphatic carbocycles. The molecule has 0 saturated carbocycles. The Morgan fingerprint density at radius 3 is 1.12 bits per heavy atom. The van der Waals surface area contributed by atoms with Crippen molar-refractivity contribution in [3.63, 3.8) is 0 Å². The smallest absolute Gasteiger partial charge is 0.217 e. The number of amidine groups is 1. The molecule has 52 heavy (non-hydrogen) atoms. The van der Waals surface area contributed by atoms with Crippen LogP contribution in [0.1, 0.15) is 231 Å². The van der Waals surface area contributed by atoms with E-state index in [-0.39, 0.29) is 11.8 Å². The second-order valence-electron chi connectivity index (χ2n) is 15.8. The SMILES string of the molecule is NC(=O)CCCCCCCCCCCC=CCCCCCCCCN1CCN=C1CCCCCCCC=CCCCCCCCCCCCC(N)=O. The van der Waals surface area contributed by atoms with Crippen molar-refractivity contribution in [1.82, 2.24) is 4.90 Å². The number of hydrogen-bond acceptors (Lipinski definition) is 4. The lowest BCUT2D eigenvalue weighted by molar-refractivity contribution is -0.119. The summed E-state index contributed by atoms with van der Waals surface area (Å²) in [4.78, 5) is 28.9. The molecular weight excluding hydrogens is 641 g/mol. The van der Waals surface area contributed by atoms with Crippen LogP contribution in [0.4, 0.5) is 0 Å². The molecule has 302 valence electrons. The van der Waals surface area contributed by atoms with E-state index in [2.05, 4.69) is 29.2 Å². The molecule has 0 aromatic rings. The Bertz CT molecular complexity index is 899. The summed E-state index contributed by atoms with van der Waals surface area (Å²) in [6, 6.07) is 0. The second-order valence-corrected chi connectivity index (χ2v) is 15.8. The molecule has 1 heterocycles. The minimum atomic E-state index is -0.160. The number of hydrogen-bond donors (Lipinski definition) is 2. The fraction of sp³-hybridized carbons (Fsp3) is 0.848. The molecule has 0 aromatic carbocycles. The quantitative estimate of drug-likeness (QED) is 0.0484. The lowest BCUT2D eigenvalue weighted by atomic mass is 10.1. The van der Waals surface area contributed by atoms with Gasteiger partial charge in [-0.1, -0.05) is 159 Å².